The molecule has 2 aliphatic rings. The highest BCUT2D eigenvalue weighted by molar-refractivity contribution is 9.10. The molecule has 2 aromatic carbocycles. The van der Waals surface area contributed by atoms with Crippen LogP contribution in [0.25, 0.3) is 0 Å². The van der Waals surface area contributed by atoms with E-state index in [1.807, 2.05) is 0 Å². The van der Waals surface area contributed by atoms with Gasteiger partial charge in [-0.25, -0.2) is 0 Å². The molecular formula is C19H21Br2N3OS. The van der Waals surface area contributed by atoms with Gasteiger partial charge in [-0.2, -0.15) is 0 Å². The number of aliphatic hydroxyl groups excluding tert-OH is 1. The summed E-state index contributed by atoms with van der Waals surface area (Å²) < 4.78 is 2.15. The molecule has 4 nitrogen and oxygen atoms in total. The third-order valence-corrected chi connectivity index (χ3v) is 6.80. The minimum Gasteiger partial charge on any atom is -0.390 e. The number of nitrogens with one attached hydrogen (secondary N) is 1. The van der Waals surface area contributed by atoms with Crippen molar-refractivity contribution in [2.75, 3.05) is 44.2 Å². The van der Waals surface area contributed by atoms with Crippen LogP contribution in [0.5, 0.6) is 0 Å². The molecule has 1 atom stereocenters. The van der Waals surface area contributed by atoms with Gasteiger partial charge in [-0.05, 0) is 36.4 Å². The van der Waals surface area contributed by atoms with E-state index in [0.29, 0.717) is 13.1 Å². The van der Waals surface area contributed by atoms with Crippen molar-refractivity contribution in [2.24, 2.45) is 0 Å². The number of anilines is 2. The van der Waals surface area contributed by atoms with Crippen LogP contribution in [0.1, 0.15) is 0 Å². The van der Waals surface area contributed by atoms with Crippen molar-refractivity contribution in [1.29, 1.82) is 0 Å². The minimum absolute atomic E-state index is 0.399. The van der Waals surface area contributed by atoms with Gasteiger partial charge >= 0.3 is 0 Å². The molecule has 7 heteroatoms. The van der Waals surface area contributed by atoms with Crippen molar-refractivity contribution < 1.29 is 5.11 Å². The topological polar surface area (TPSA) is 38.7 Å². The largest absolute Gasteiger partial charge is 0.390 e. The number of piperazine rings is 1. The summed E-state index contributed by atoms with van der Waals surface area (Å²) in [5.41, 5.74) is 2.32. The summed E-state index contributed by atoms with van der Waals surface area (Å²) in [7, 11) is 0. The fourth-order valence-electron chi connectivity index (χ4n) is 3.49. The summed E-state index contributed by atoms with van der Waals surface area (Å²) in [5, 5.41) is 14.1. The van der Waals surface area contributed by atoms with E-state index in [9.17, 15) is 5.11 Å². The number of halogens is 2. The van der Waals surface area contributed by atoms with Gasteiger partial charge in [-0.3, -0.25) is 4.90 Å². The van der Waals surface area contributed by atoms with Gasteiger partial charge in [0.05, 0.1) is 24.0 Å². The molecule has 0 radical (unpaired) electrons. The van der Waals surface area contributed by atoms with Crippen molar-refractivity contribution in [3.8, 4) is 0 Å². The maximum absolute atomic E-state index is 10.8. The predicted molar refractivity (Wildman–Crippen MR) is 115 cm³/mol. The minimum atomic E-state index is -0.399. The summed E-state index contributed by atoms with van der Waals surface area (Å²) in [6.45, 7) is 5.30. The lowest BCUT2D eigenvalue weighted by Crippen LogP contribution is -2.48. The summed E-state index contributed by atoms with van der Waals surface area (Å²) >= 11 is 8.93. The first-order chi connectivity index (χ1) is 12.6. The fraction of sp³-hybridized carbons (Fsp3) is 0.368. The van der Waals surface area contributed by atoms with E-state index in [2.05, 4.69) is 83.4 Å². The molecule has 1 fully saturated rings. The van der Waals surface area contributed by atoms with Gasteiger partial charge in [0, 0.05) is 51.5 Å². The molecule has 0 saturated carbocycles. The van der Waals surface area contributed by atoms with E-state index in [4.69, 9.17) is 0 Å². The van der Waals surface area contributed by atoms with Crippen molar-refractivity contribution in [2.45, 2.75) is 15.9 Å². The zero-order chi connectivity index (χ0) is 18.1. The Labute approximate surface area is 175 Å². The van der Waals surface area contributed by atoms with Gasteiger partial charge in [0.2, 0.25) is 0 Å². The second-order valence-electron chi connectivity index (χ2n) is 6.64. The van der Waals surface area contributed by atoms with Crippen molar-refractivity contribution >= 4 is 55.0 Å². The first-order valence-electron chi connectivity index (χ1n) is 8.76. The first-order valence-corrected chi connectivity index (χ1v) is 11.2. The molecule has 0 spiro atoms. The average molecular weight is 499 g/mol. The smallest absolute Gasteiger partial charge is 0.0845 e. The number of rotatable bonds is 4. The van der Waals surface area contributed by atoms with Crippen LogP contribution in [0.15, 0.2) is 55.1 Å². The van der Waals surface area contributed by atoms with E-state index in [1.54, 1.807) is 11.8 Å². The Bertz CT molecular complexity index is 747. The summed E-state index contributed by atoms with van der Waals surface area (Å²) in [4.78, 5) is 7.01. The van der Waals surface area contributed by atoms with E-state index < -0.39 is 6.10 Å². The third kappa shape index (κ3) is 4.13. The van der Waals surface area contributed by atoms with Crippen molar-refractivity contribution in [3.05, 3.63) is 45.3 Å². The van der Waals surface area contributed by atoms with Crippen LogP contribution in [0, 0.1) is 0 Å². The first kappa shape index (κ1) is 18.8. The van der Waals surface area contributed by atoms with Gasteiger partial charge in [0.1, 0.15) is 0 Å². The maximum atomic E-state index is 10.8. The van der Waals surface area contributed by atoms with Crippen LogP contribution >= 0.6 is 43.6 Å². The molecule has 1 saturated heterocycles. The van der Waals surface area contributed by atoms with Crippen LogP contribution in [0.4, 0.5) is 11.4 Å². The number of hydrogen-bond acceptors (Lipinski definition) is 5. The van der Waals surface area contributed by atoms with E-state index in [0.717, 1.165) is 46.5 Å². The molecule has 2 aromatic rings. The highest BCUT2D eigenvalue weighted by Gasteiger charge is 2.26. The van der Waals surface area contributed by atoms with Crippen LogP contribution in [0.2, 0.25) is 0 Å². The number of aliphatic hydroxyl groups is 1. The monoisotopic (exact) mass is 497 g/mol. The summed E-state index contributed by atoms with van der Waals surface area (Å²) in [6, 6.07) is 12.7. The van der Waals surface area contributed by atoms with Gasteiger partial charge in [-0.1, -0.05) is 43.6 Å². The lowest BCUT2D eigenvalue weighted by Gasteiger charge is -2.36. The molecule has 138 valence electrons. The molecule has 26 heavy (non-hydrogen) atoms. The second-order valence-corrected chi connectivity index (χ2v) is 9.56. The zero-order valence-electron chi connectivity index (χ0n) is 14.3. The van der Waals surface area contributed by atoms with Gasteiger partial charge in [0.25, 0.3) is 0 Å². The van der Waals surface area contributed by atoms with Crippen molar-refractivity contribution in [3.63, 3.8) is 0 Å². The predicted octanol–water partition coefficient (Wildman–Crippen LogP) is 4.08. The molecular weight excluding hydrogens is 478 g/mol. The number of fused-ring (bicyclic) bond motifs is 2. The van der Waals surface area contributed by atoms with Crippen LogP contribution in [-0.4, -0.2) is 55.4 Å². The molecule has 0 amide bonds. The molecule has 4 rings (SSSR count). The highest BCUT2D eigenvalue weighted by atomic mass is 79.9. The number of nitrogens with zero attached hydrogens (tertiary/aromatic N) is 2. The molecule has 2 N–H and O–H groups in total. The SMILES string of the molecule is OC(CN1CCNCC1)CN1c2ccc(Br)cc2Sc2cc(Br)ccc21. The Morgan fingerprint density at radius 2 is 1.54 bits per heavy atom. The van der Waals surface area contributed by atoms with Gasteiger partial charge in [-0.15, -0.1) is 0 Å². The number of β-amino-alcohol motifs (C(OH)–C–C–N with tert-alkyl or cyclic N) is 1. The Morgan fingerprint density at radius 1 is 0.962 bits per heavy atom. The van der Waals surface area contributed by atoms with Crippen molar-refractivity contribution in [1.82, 2.24) is 10.2 Å². The zero-order valence-corrected chi connectivity index (χ0v) is 18.3. The molecule has 0 aromatic heterocycles. The Hall–Kier alpha value is -0.570. The molecule has 2 aliphatic heterocycles. The van der Waals surface area contributed by atoms with Crippen LogP contribution in [-0.2, 0) is 0 Å². The second kappa shape index (κ2) is 8.20. The maximum Gasteiger partial charge on any atom is 0.0845 e. The molecule has 2 heterocycles. The van der Waals surface area contributed by atoms with E-state index in [1.165, 1.54) is 9.79 Å². The number of hydrogen-bond donors (Lipinski definition) is 2. The summed E-state index contributed by atoms with van der Waals surface area (Å²) in [6.07, 6.45) is -0.399. The van der Waals surface area contributed by atoms with Gasteiger partial charge < -0.3 is 15.3 Å². The Kier molecular flexibility index (Phi) is 5.93. The summed E-state index contributed by atoms with van der Waals surface area (Å²) in [5.74, 6) is 0. The van der Waals surface area contributed by atoms with Crippen LogP contribution < -0.4 is 10.2 Å². The molecule has 1 unspecified atom stereocenters. The van der Waals surface area contributed by atoms with Crippen LogP contribution in [0.3, 0.4) is 0 Å². The lowest BCUT2D eigenvalue weighted by atomic mass is 10.2. The Balaban J connectivity index is 1.60. The number of benzene rings is 2. The lowest BCUT2D eigenvalue weighted by molar-refractivity contribution is 0.111. The van der Waals surface area contributed by atoms with E-state index >= 15 is 0 Å². The average Bonchev–Trinajstić information content (AvgIpc) is 2.61. The normalized spacial score (nSPS) is 18.3. The fourth-order valence-corrected chi connectivity index (χ4v) is 5.69. The van der Waals surface area contributed by atoms with Gasteiger partial charge in [0.15, 0.2) is 0 Å². The standard InChI is InChI=1S/C19H21Br2N3OS/c20-13-1-3-16-18(9-13)26-19-10-14(21)2-4-17(19)24(16)12-15(25)11-23-7-5-22-6-8-23/h1-4,9-10,15,22,25H,5-8,11-12H2. The molecule has 0 aliphatic carbocycles. The quantitative estimate of drug-likeness (QED) is 0.664. The van der Waals surface area contributed by atoms with E-state index in [-0.39, 0.29) is 0 Å². The highest BCUT2D eigenvalue weighted by Crippen LogP contribution is 2.49. The molecule has 0 bridgehead atoms. The Morgan fingerprint density at radius 3 is 2.12 bits per heavy atom. The third-order valence-electron chi connectivity index (χ3n) is 4.72.